The number of nitrogens with one attached hydrogen (secondary N) is 1. The monoisotopic (exact) mass is 346 g/mol. The smallest absolute Gasteiger partial charge is 0.300 e. The number of aliphatic hydroxyl groups excluding tert-OH is 1. The number of carboxylic acids is 1. The highest BCUT2D eigenvalue weighted by Gasteiger charge is 2.15. The number of nitrogen functional groups attached to an aromatic ring is 1. The summed E-state index contributed by atoms with van der Waals surface area (Å²) >= 11 is 0. The van der Waals surface area contributed by atoms with Crippen molar-refractivity contribution in [2.24, 2.45) is 0 Å². The van der Waals surface area contributed by atoms with Crippen LogP contribution in [0.15, 0.2) is 48.5 Å². The van der Waals surface area contributed by atoms with E-state index >= 15 is 0 Å². The van der Waals surface area contributed by atoms with Crippen molar-refractivity contribution in [3.8, 4) is 5.75 Å². The van der Waals surface area contributed by atoms with Crippen molar-refractivity contribution in [2.45, 2.75) is 32.4 Å². The van der Waals surface area contributed by atoms with Crippen LogP contribution in [0.25, 0.3) is 0 Å². The minimum Gasteiger partial charge on any atom is -0.508 e. The van der Waals surface area contributed by atoms with E-state index in [9.17, 15) is 10.2 Å². The first-order valence-corrected chi connectivity index (χ1v) is 8.04. The molecule has 0 aromatic heterocycles. The molecule has 6 nitrogen and oxygen atoms in total. The fourth-order valence-electron chi connectivity index (χ4n) is 2.20. The fraction of sp³-hybridized carbons (Fsp3) is 0.316. The molecule has 0 heterocycles. The lowest BCUT2D eigenvalue weighted by Crippen LogP contribution is -2.33. The van der Waals surface area contributed by atoms with Gasteiger partial charge in [0, 0.05) is 18.7 Å². The molecule has 6 heteroatoms. The van der Waals surface area contributed by atoms with Gasteiger partial charge in [-0.1, -0.05) is 24.3 Å². The second-order valence-electron chi connectivity index (χ2n) is 5.79. The van der Waals surface area contributed by atoms with Crippen LogP contribution in [0.3, 0.4) is 0 Å². The summed E-state index contributed by atoms with van der Waals surface area (Å²) in [5, 5.41) is 30.2. The number of hydrogen-bond acceptors (Lipinski definition) is 5. The van der Waals surface area contributed by atoms with Gasteiger partial charge in [-0.15, -0.1) is 0 Å². The SMILES string of the molecule is CC(=O)O.C[C@H](NCCc1ccc(N)cc1)[C@H](O)c1ccc(O)cc1. The quantitative estimate of drug-likeness (QED) is 0.513. The van der Waals surface area contributed by atoms with Crippen LogP contribution in [0.2, 0.25) is 0 Å². The van der Waals surface area contributed by atoms with Crippen LogP contribution in [0.1, 0.15) is 31.1 Å². The molecule has 0 saturated heterocycles. The Hall–Kier alpha value is -2.57. The number of phenols is 1. The Labute approximate surface area is 147 Å². The number of rotatable bonds is 6. The number of phenolic OH excluding ortho intramolecular Hbond substituents is 1. The number of carboxylic acid groups (broad SMARTS) is 1. The second-order valence-corrected chi connectivity index (χ2v) is 5.79. The molecule has 6 N–H and O–H groups in total. The van der Waals surface area contributed by atoms with Gasteiger partial charge in [-0.2, -0.15) is 0 Å². The third-order valence-electron chi connectivity index (χ3n) is 3.57. The van der Waals surface area contributed by atoms with E-state index < -0.39 is 12.1 Å². The van der Waals surface area contributed by atoms with Crippen LogP contribution >= 0.6 is 0 Å². The van der Waals surface area contributed by atoms with Crippen LogP contribution in [0.5, 0.6) is 5.75 Å². The van der Waals surface area contributed by atoms with Crippen LogP contribution in [-0.2, 0) is 11.2 Å². The van der Waals surface area contributed by atoms with E-state index in [1.54, 1.807) is 24.3 Å². The second kappa shape index (κ2) is 10.3. The van der Waals surface area contributed by atoms with Crippen molar-refractivity contribution in [3.05, 3.63) is 59.7 Å². The van der Waals surface area contributed by atoms with Gasteiger partial charge < -0.3 is 26.4 Å². The minimum absolute atomic E-state index is 0.0664. The van der Waals surface area contributed by atoms with Gasteiger partial charge >= 0.3 is 0 Å². The molecule has 0 aliphatic heterocycles. The predicted octanol–water partition coefficient (Wildman–Crippen LogP) is 2.32. The molecule has 0 spiro atoms. The first-order chi connectivity index (χ1) is 11.8. The molecule has 2 aromatic rings. The van der Waals surface area contributed by atoms with Gasteiger partial charge in [0.15, 0.2) is 0 Å². The van der Waals surface area contributed by atoms with E-state index in [4.69, 9.17) is 15.6 Å². The summed E-state index contributed by atoms with van der Waals surface area (Å²) in [6.45, 7) is 3.81. The molecule has 0 fully saturated rings. The first-order valence-electron chi connectivity index (χ1n) is 8.04. The number of benzene rings is 2. The van der Waals surface area contributed by atoms with Crippen LogP contribution in [0, 0.1) is 0 Å². The van der Waals surface area contributed by atoms with E-state index in [-0.39, 0.29) is 11.8 Å². The fourth-order valence-corrected chi connectivity index (χ4v) is 2.20. The molecule has 0 bridgehead atoms. The van der Waals surface area contributed by atoms with Gasteiger partial charge in [0.2, 0.25) is 0 Å². The van der Waals surface area contributed by atoms with Gasteiger partial charge in [0.05, 0.1) is 6.10 Å². The Balaban J connectivity index is 0.000000705. The number of anilines is 1. The number of aromatic hydroxyl groups is 1. The summed E-state index contributed by atoms with van der Waals surface area (Å²) in [5.74, 6) is -0.630. The molecule has 0 radical (unpaired) electrons. The van der Waals surface area contributed by atoms with E-state index in [0.717, 1.165) is 31.1 Å². The lowest BCUT2D eigenvalue weighted by atomic mass is 10.0. The van der Waals surface area contributed by atoms with Gasteiger partial charge in [-0.05, 0) is 55.3 Å². The standard InChI is InChI=1S/C17H22N2O2.C2H4O2/c1-12(17(21)14-4-8-16(20)9-5-14)19-11-10-13-2-6-15(18)7-3-13;1-2(3)4/h2-9,12,17,19-21H,10-11,18H2,1H3;1H3,(H,3,4)/t12-,17-;/m0./s1. The number of hydrogen-bond donors (Lipinski definition) is 5. The Bertz CT molecular complexity index is 637. The molecule has 2 aromatic carbocycles. The van der Waals surface area contributed by atoms with Gasteiger partial charge in [-0.25, -0.2) is 0 Å². The van der Waals surface area contributed by atoms with Crippen molar-refractivity contribution in [2.75, 3.05) is 12.3 Å². The molecule has 0 unspecified atom stereocenters. The molecule has 136 valence electrons. The molecule has 0 amide bonds. The number of nitrogens with two attached hydrogens (primary N) is 1. The van der Waals surface area contributed by atoms with Crippen molar-refractivity contribution in [3.63, 3.8) is 0 Å². The lowest BCUT2D eigenvalue weighted by molar-refractivity contribution is -0.134. The first kappa shape index (κ1) is 20.5. The Kier molecular flexibility index (Phi) is 8.46. The van der Waals surface area contributed by atoms with Crippen LogP contribution in [0.4, 0.5) is 5.69 Å². The number of aliphatic hydroxyl groups is 1. The zero-order valence-corrected chi connectivity index (χ0v) is 14.5. The Morgan fingerprint density at radius 2 is 1.64 bits per heavy atom. The zero-order valence-electron chi connectivity index (χ0n) is 14.5. The Morgan fingerprint density at radius 1 is 1.12 bits per heavy atom. The van der Waals surface area contributed by atoms with E-state index in [0.29, 0.717) is 0 Å². The summed E-state index contributed by atoms with van der Waals surface area (Å²) in [4.78, 5) is 9.00. The summed E-state index contributed by atoms with van der Waals surface area (Å²) in [7, 11) is 0. The molecule has 0 aliphatic carbocycles. The molecule has 2 atom stereocenters. The van der Waals surface area contributed by atoms with Crippen LogP contribution < -0.4 is 11.1 Å². The summed E-state index contributed by atoms with van der Waals surface area (Å²) in [6.07, 6.45) is 0.282. The Morgan fingerprint density at radius 3 is 2.16 bits per heavy atom. The average Bonchev–Trinajstić information content (AvgIpc) is 2.56. The van der Waals surface area contributed by atoms with Gasteiger partial charge in [0.25, 0.3) is 5.97 Å². The van der Waals surface area contributed by atoms with Crippen molar-refractivity contribution in [1.29, 1.82) is 0 Å². The maximum atomic E-state index is 10.3. The summed E-state index contributed by atoms with van der Waals surface area (Å²) in [5.41, 5.74) is 8.42. The van der Waals surface area contributed by atoms with Gasteiger partial charge in [-0.3, -0.25) is 4.79 Å². The zero-order chi connectivity index (χ0) is 18.8. The molecular weight excluding hydrogens is 320 g/mol. The predicted molar refractivity (Wildman–Crippen MR) is 98.4 cm³/mol. The number of aliphatic carboxylic acids is 1. The van der Waals surface area contributed by atoms with Crippen molar-refractivity contribution >= 4 is 11.7 Å². The van der Waals surface area contributed by atoms with Crippen LogP contribution in [-0.4, -0.2) is 33.9 Å². The average molecular weight is 346 g/mol. The van der Waals surface area contributed by atoms with Crippen molar-refractivity contribution in [1.82, 2.24) is 5.32 Å². The summed E-state index contributed by atoms with van der Waals surface area (Å²) < 4.78 is 0. The normalized spacial score (nSPS) is 12.6. The summed E-state index contributed by atoms with van der Waals surface area (Å²) in [6, 6.07) is 14.4. The lowest BCUT2D eigenvalue weighted by Gasteiger charge is -2.20. The molecule has 0 saturated carbocycles. The number of carbonyl (C=O) groups is 1. The molecule has 2 rings (SSSR count). The maximum absolute atomic E-state index is 10.3. The minimum atomic E-state index is -0.833. The highest BCUT2D eigenvalue weighted by molar-refractivity contribution is 5.62. The molecule has 25 heavy (non-hydrogen) atoms. The molecular formula is C19H26N2O4. The van der Waals surface area contributed by atoms with Crippen molar-refractivity contribution < 1.29 is 20.1 Å². The van der Waals surface area contributed by atoms with E-state index in [1.807, 2.05) is 31.2 Å². The highest BCUT2D eigenvalue weighted by atomic mass is 16.4. The van der Waals surface area contributed by atoms with Gasteiger partial charge in [0.1, 0.15) is 5.75 Å². The van der Waals surface area contributed by atoms with E-state index in [2.05, 4.69) is 5.32 Å². The maximum Gasteiger partial charge on any atom is 0.300 e. The van der Waals surface area contributed by atoms with E-state index in [1.165, 1.54) is 5.56 Å². The largest absolute Gasteiger partial charge is 0.508 e. The third-order valence-corrected chi connectivity index (χ3v) is 3.57. The molecule has 0 aliphatic rings. The third kappa shape index (κ3) is 8.19. The highest BCUT2D eigenvalue weighted by Crippen LogP contribution is 2.19. The topological polar surface area (TPSA) is 116 Å².